The summed E-state index contributed by atoms with van der Waals surface area (Å²) in [7, 11) is 0. The number of rotatable bonds is 5. The average molecular weight is 214 g/mol. The molecular weight excluding hydrogens is 192 g/mol. The average Bonchev–Trinajstić information content (AvgIpc) is 2.28. The van der Waals surface area contributed by atoms with Crippen molar-refractivity contribution in [1.29, 1.82) is 0 Å². The van der Waals surface area contributed by atoms with Crippen LogP contribution < -0.4 is 10.6 Å². The van der Waals surface area contributed by atoms with E-state index in [0.717, 1.165) is 19.4 Å². The van der Waals surface area contributed by atoms with Crippen molar-refractivity contribution < 1.29 is 9.53 Å². The van der Waals surface area contributed by atoms with Gasteiger partial charge in [-0.2, -0.15) is 0 Å². The molecule has 1 atom stereocenters. The van der Waals surface area contributed by atoms with Crippen LogP contribution in [0.2, 0.25) is 0 Å². The van der Waals surface area contributed by atoms with Gasteiger partial charge in [-0.1, -0.05) is 13.3 Å². The van der Waals surface area contributed by atoms with Crippen LogP contribution in [0.3, 0.4) is 0 Å². The van der Waals surface area contributed by atoms with Gasteiger partial charge in [0.15, 0.2) is 0 Å². The topological polar surface area (TPSA) is 50.4 Å². The van der Waals surface area contributed by atoms with Crippen LogP contribution in [-0.4, -0.2) is 31.8 Å². The minimum atomic E-state index is -0.285. The molecule has 0 aromatic carbocycles. The molecule has 1 fully saturated rings. The number of carbonyl (C=O) groups excluding carboxylic acids is 1. The van der Waals surface area contributed by atoms with E-state index >= 15 is 0 Å². The van der Waals surface area contributed by atoms with Crippen molar-refractivity contribution in [2.24, 2.45) is 0 Å². The Hall–Kier alpha value is -0.770. The van der Waals surface area contributed by atoms with E-state index in [1.54, 1.807) is 0 Å². The predicted molar refractivity (Wildman–Crippen MR) is 59.9 cm³/mol. The molecule has 0 saturated carbocycles. The fourth-order valence-electron chi connectivity index (χ4n) is 1.74. The molecule has 0 aromatic rings. The van der Waals surface area contributed by atoms with Crippen molar-refractivity contribution in [3.05, 3.63) is 0 Å². The van der Waals surface area contributed by atoms with Gasteiger partial charge in [0.25, 0.3) is 0 Å². The molecule has 4 nitrogen and oxygen atoms in total. The van der Waals surface area contributed by atoms with Crippen molar-refractivity contribution in [3.8, 4) is 0 Å². The molecule has 0 bridgehead atoms. The highest BCUT2D eigenvalue weighted by molar-refractivity contribution is 5.66. The summed E-state index contributed by atoms with van der Waals surface area (Å²) < 4.78 is 5.06. The smallest absolute Gasteiger partial charge is 0.407 e. The van der Waals surface area contributed by atoms with Crippen LogP contribution in [0.15, 0.2) is 0 Å². The van der Waals surface area contributed by atoms with E-state index in [2.05, 4.69) is 10.6 Å². The summed E-state index contributed by atoms with van der Waals surface area (Å²) in [5.41, 5.74) is 0. The highest BCUT2D eigenvalue weighted by Crippen LogP contribution is 2.09. The molecule has 1 unspecified atom stereocenters. The highest BCUT2D eigenvalue weighted by atomic mass is 16.5. The molecular formula is C11H22N2O2. The van der Waals surface area contributed by atoms with Crippen molar-refractivity contribution in [3.63, 3.8) is 0 Å². The second kappa shape index (κ2) is 7.51. The summed E-state index contributed by atoms with van der Waals surface area (Å²) in [6.45, 7) is 4.34. The van der Waals surface area contributed by atoms with Gasteiger partial charge in [0, 0.05) is 12.6 Å². The monoisotopic (exact) mass is 214 g/mol. The zero-order chi connectivity index (χ0) is 10.9. The minimum Gasteiger partial charge on any atom is -0.450 e. The first-order valence-electron chi connectivity index (χ1n) is 5.97. The zero-order valence-electron chi connectivity index (χ0n) is 9.55. The summed E-state index contributed by atoms with van der Waals surface area (Å²) in [5, 5.41) is 6.11. The van der Waals surface area contributed by atoms with Gasteiger partial charge in [-0.15, -0.1) is 0 Å². The normalized spacial score (nSPS) is 21.0. The van der Waals surface area contributed by atoms with Crippen LogP contribution in [0.4, 0.5) is 4.79 Å². The van der Waals surface area contributed by atoms with Gasteiger partial charge in [-0.25, -0.2) is 4.79 Å². The van der Waals surface area contributed by atoms with Crippen LogP contribution in [0.5, 0.6) is 0 Å². The van der Waals surface area contributed by atoms with Gasteiger partial charge < -0.3 is 15.4 Å². The SMILES string of the molecule is CCCNC(=O)OCCC1CCCCN1. The molecule has 4 heteroatoms. The maximum atomic E-state index is 11.1. The summed E-state index contributed by atoms with van der Waals surface area (Å²) in [5.74, 6) is 0. The molecule has 1 saturated heterocycles. The first kappa shape index (κ1) is 12.3. The molecule has 1 aliphatic heterocycles. The third kappa shape index (κ3) is 5.62. The van der Waals surface area contributed by atoms with Crippen LogP contribution in [0.1, 0.15) is 39.0 Å². The van der Waals surface area contributed by atoms with Crippen molar-refractivity contribution in [2.45, 2.75) is 45.1 Å². The second-order valence-electron chi connectivity index (χ2n) is 4.00. The number of carbonyl (C=O) groups is 1. The van der Waals surface area contributed by atoms with Crippen molar-refractivity contribution >= 4 is 6.09 Å². The maximum Gasteiger partial charge on any atom is 0.407 e. The lowest BCUT2D eigenvalue weighted by molar-refractivity contribution is 0.139. The van der Waals surface area contributed by atoms with Crippen LogP contribution in [-0.2, 0) is 4.74 Å². The summed E-state index contributed by atoms with van der Waals surface area (Å²) in [6, 6.07) is 0.540. The third-order valence-electron chi connectivity index (χ3n) is 2.63. The number of hydrogen-bond donors (Lipinski definition) is 2. The molecule has 0 aliphatic carbocycles. The Morgan fingerprint density at radius 1 is 1.53 bits per heavy atom. The summed E-state index contributed by atoms with van der Waals surface area (Å²) in [6.07, 6.45) is 5.36. The Balaban J connectivity index is 1.97. The number of piperidine rings is 1. The second-order valence-corrected chi connectivity index (χ2v) is 4.00. The Bertz CT molecular complexity index is 179. The minimum absolute atomic E-state index is 0.285. The zero-order valence-corrected chi connectivity index (χ0v) is 9.55. The molecule has 1 heterocycles. The lowest BCUT2D eigenvalue weighted by Crippen LogP contribution is -2.35. The molecule has 2 N–H and O–H groups in total. The van der Waals surface area contributed by atoms with Crippen LogP contribution in [0, 0.1) is 0 Å². The quantitative estimate of drug-likeness (QED) is 0.731. The Kier molecular flexibility index (Phi) is 6.16. The Morgan fingerprint density at radius 2 is 2.40 bits per heavy atom. The van der Waals surface area contributed by atoms with E-state index in [4.69, 9.17) is 4.74 Å². The fourth-order valence-corrected chi connectivity index (χ4v) is 1.74. The molecule has 0 spiro atoms. The van der Waals surface area contributed by atoms with E-state index in [-0.39, 0.29) is 6.09 Å². The van der Waals surface area contributed by atoms with E-state index in [1.165, 1.54) is 19.3 Å². The number of hydrogen-bond acceptors (Lipinski definition) is 3. The molecule has 1 rings (SSSR count). The van der Waals surface area contributed by atoms with Crippen molar-refractivity contribution in [1.82, 2.24) is 10.6 Å². The van der Waals surface area contributed by atoms with E-state index in [0.29, 0.717) is 19.2 Å². The molecule has 15 heavy (non-hydrogen) atoms. The van der Waals surface area contributed by atoms with Crippen LogP contribution in [0.25, 0.3) is 0 Å². The van der Waals surface area contributed by atoms with Crippen LogP contribution >= 0.6 is 0 Å². The van der Waals surface area contributed by atoms with Gasteiger partial charge in [0.05, 0.1) is 6.61 Å². The highest BCUT2D eigenvalue weighted by Gasteiger charge is 2.12. The fraction of sp³-hybridized carbons (Fsp3) is 0.909. The first-order valence-corrected chi connectivity index (χ1v) is 5.97. The van der Waals surface area contributed by atoms with Crippen molar-refractivity contribution in [2.75, 3.05) is 19.7 Å². The Morgan fingerprint density at radius 3 is 3.07 bits per heavy atom. The standard InChI is InChI=1S/C11H22N2O2/c1-2-7-13-11(14)15-9-6-10-5-3-4-8-12-10/h10,12H,2-9H2,1H3,(H,13,14). The maximum absolute atomic E-state index is 11.1. The number of nitrogens with one attached hydrogen (secondary N) is 2. The van der Waals surface area contributed by atoms with Gasteiger partial charge >= 0.3 is 6.09 Å². The molecule has 0 aromatic heterocycles. The molecule has 88 valence electrons. The van der Waals surface area contributed by atoms with E-state index < -0.39 is 0 Å². The first-order chi connectivity index (χ1) is 7.33. The molecule has 1 aliphatic rings. The Labute approximate surface area is 91.8 Å². The van der Waals surface area contributed by atoms with Gasteiger partial charge in [0.1, 0.15) is 0 Å². The summed E-state index contributed by atoms with van der Waals surface area (Å²) >= 11 is 0. The predicted octanol–water partition coefficient (Wildman–Crippen LogP) is 1.65. The summed E-state index contributed by atoms with van der Waals surface area (Å²) in [4.78, 5) is 11.1. The van der Waals surface area contributed by atoms with E-state index in [9.17, 15) is 4.79 Å². The lowest BCUT2D eigenvalue weighted by atomic mass is 10.0. The van der Waals surface area contributed by atoms with Gasteiger partial charge in [0.2, 0.25) is 0 Å². The number of alkyl carbamates (subject to hydrolysis) is 1. The number of amides is 1. The molecule has 1 amide bonds. The van der Waals surface area contributed by atoms with E-state index in [1.807, 2.05) is 6.92 Å². The lowest BCUT2D eigenvalue weighted by Gasteiger charge is -2.23. The van der Waals surface area contributed by atoms with Gasteiger partial charge in [-0.3, -0.25) is 0 Å². The number of ether oxygens (including phenoxy) is 1. The largest absolute Gasteiger partial charge is 0.450 e. The van der Waals surface area contributed by atoms with Gasteiger partial charge in [-0.05, 0) is 32.2 Å². The third-order valence-corrected chi connectivity index (χ3v) is 2.63. The molecule has 0 radical (unpaired) electrons.